The smallest absolute Gasteiger partial charge is 0.346 e. The van der Waals surface area contributed by atoms with E-state index in [4.69, 9.17) is 14.4 Å². The molecular weight excluding hydrogens is 314 g/mol. The second-order valence-corrected chi connectivity index (χ2v) is 5.96. The molecule has 1 aliphatic carbocycles. The Morgan fingerprint density at radius 3 is 2.68 bits per heavy atom. The third-order valence-electron chi connectivity index (χ3n) is 4.06. The van der Waals surface area contributed by atoms with E-state index in [1.54, 1.807) is 6.92 Å². The predicted octanol–water partition coefficient (Wildman–Crippen LogP) is -0.292. The standard InChI is InChI=1S/C11H17N5O5S/c1-2-15-7(9-14-13-8(6-12)20-9)5-11(3-4-11)16(10(15)17)21-22(18)19/h7,22H,2-6,12H2,1H3/t7-/m0/s1. The van der Waals surface area contributed by atoms with Crippen LogP contribution in [0.2, 0.25) is 0 Å². The van der Waals surface area contributed by atoms with Crippen molar-refractivity contribution in [1.82, 2.24) is 20.2 Å². The van der Waals surface area contributed by atoms with Crippen molar-refractivity contribution in [3.63, 3.8) is 0 Å². The lowest BCUT2D eigenvalue weighted by molar-refractivity contribution is -0.0990. The maximum atomic E-state index is 12.6. The fourth-order valence-corrected chi connectivity index (χ4v) is 3.18. The van der Waals surface area contributed by atoms with Gasteiger partial charge in [-0.3, -0.25) is 0 Å². The fourth-order valence-electron chi connectivity index (χ4n) is 2.81. The second-order valence-electron chi connectivity index (χ2n) is 5.35. The van der Waals surface area contributed by atoms with Crippen LogP contribution in [0, 0.1) is 0 Å². The monoisotopic (exact) mass is 331 g/mol. The van der Waals surface area contributed by atoms with E-state index in [1.807, 2.05) is 0 Å². The van der Waals surface area contributed by atoms with Crippen LogP contribution in [0.5, 0.6) is 0 Å². The summed E-state index contributed by atoms with van der Waals surface area (Å²) in [5.41, 5.74) is 4.85. The number of hydrogen-bond donors (Lipinski definition) is 2. The van der Waals surface area contributed by atoms with Crippen molar-refractivity contribution in [3.8, 4) is 0 Å². The van der Waals surface area contributed by atoms with Crippen molar-refractivity contribution in [2.45, 2.75) is 44.3 Å². The quantitative estimate of drug-likeness (QED) is 0.703. The number of amides is 2. The van der Waals surface area contributed by atoms with Gasteiger partial charge in [0, 0.05) is 13.0 Å². The minimum absolute atomic E-state index is 0.122. The Morgan fingerprint density at radius 2 is 2.18 bits per heavy atom. The molecule has 10 nitrogen and oxygen atoms in total. The van der Waals surface area contributed by atoms with Gasteiger partial charge in [0.1, 0.15) is 6.04 Å². The summed E-state index contributed by atoms with van der Waals surface area (Å²) in [4.78, 5) is 14.0. The minimum atomic E-state index is -3.15. The lowest BCUT2D eigenvalue weighted by Crippen LogP contribution is -2.56. The molecule has 1 spiro atoms. The average Bonchev–Trinajstić information content (AvgIpc) is 3.09. The summed E-state index contributed by atoms with van der Waals surface area (Å²) in [5.74, 6) is 0.609. The molecule has 2 heterocycles. The van der Waals surface area contributed by atoms with Gasteiger partial charge in [0.25, 0.3) is 11.0 Å². The number of carbonyl (C=O) groups excluding carboxylic acids is 1. The highest BCUT2D eigenvalue weighted by atomic mass is 32.2. The first kappa shape index (κ1) is 15.2. The van der Waals surface area contributed by atoms with Crippen LogP contribution in [0.15, 0.2) is 4.42 Å². The zero-order valence-electron chi connectivity index (χ0n) is 12.0. The van der Waals surface area contributed by atoms with Crippen molar-refractivity contribution >= 4 is 17.0 Å². The summed E-state index contributed by atoms with van der Waals surface area (Å²) in [7, 11) is -3.15. The molecule has 2 amide bonds. The largest absolute Gasteiger partial charge is 0.422 e. The van der Waals surface area contributed by atoms with Crippen LogP contribution in [0.4, 0.5) is 4.79 Å². The number of urea groups is 1. The molecule has 11 heteroatoms. The number of carbonyl (C=O) groups is 1. The molecule has 1 saturated heterocycles. The molecule has 1 aromatic heterocycles. The molecule has 1 atom stereocenters. The summed E-state index contributed by atoms with van der Waals surface area (Å²) < 4.78 is 31.9. The Bertz CT molecular complexity index is 647. The number of nitrogens with zero attached hydrogens (tertiary/aromatic N) is 4. The Kier molecular flexibility index (Phi) is 3.78. The summed E-state index contributed by atoms with van der Waals surface area (Å²) in [6.45, 7) is 2.26. The lowest BCUT2D eigenvalue weighted by Gasteiger charge is -2.42. The van der Waals surface area contributed by atoms with E-state index in [2.05, 4.69) is 10.2 Å². The van der Waals surface area contributed by atoms with E-state index in [0.717, 1.165) is 5.06 Å². The fraction of sp³-hybridized carbons (Fsp3) is 0.727. The number of hydrogen-bond acceptors (Lipinski definition) is 8. The summed E-state index contributed by atoms with van der Waals surface area (Å²) in [6.07, 6.45) is 1.82. The number of nitrogens with two attached hydrogens (primary N) is 1. The normalized spacial score (nSPS) is 23.6. The maximum absolute atomic E-state index is 12.6. The van der Waals surface area contributed by atoms with Crippen molar-refractivity contribution in [1.29, 1.82) is 0 Å². The average molecular weight is 331 g/mol. The molecule has 2 fully saturated rings. The molecule has 2 aliphatic rings. The van der Waals surface area contributed by atoms with E-state index in [0.29, 0.717) is 37.6 Å². The van der Waals surface area contributed by atoms with Crippen LogP contribution in [0.25, 0.3) is 0 Å². The van der Waals surface area contributed by atoms with E-state index in [1.165, 1.54) is 4.90 Å². The highest BCUT2D eigenvalue weighted by Crippen LogP contribution is 2.52. The van der Waals surface area contributed by atoms with Gasteiger partial charge in [-0.2, -0.15) is 5.06 Å². The second kappa shape index (κ2) is 5.48. The molecule has 1 aromatic rings. The van der Waals surface area contributed by atoms with E-state index in [9.17, 15) is 13.2 Å². The zero-order chi connectivity index (χ0) is 15.9. The summed E-state index contributed by atoms with van der Waals surface area (Å²) in [6, 6.07) is -0.917. The summed E-state index contributed by atoms with van der Waals surface area (Å²) in [5, 5.41) is 8.74. The molecule has 22 heavy (non-hydrogen) atoms. The highest BCUT2D eigenvalue weighted by Gasteiger charge is 2.59. The van der Waals surface area contributed by atoms with Crippen LogP contribution < -0.4 is 5.73 Å². The van der Waals surface area contributed by atoms with Crippen molar-refractivity contribution in [2.24, 2.45) is 5.73 Å². The van der Waals surface area contributed by atoms with E-state index in [-0.39, 0.29) is 6.54 Å². The topological polar surface area (TPSA) is 132 Å². The SMILES string of the molecule is CCN1C(=O)N(O[SH](=O)=O)C2(CC2)C[C@H]1c1nnc(CN)o1. The number of hydroxylamine groups is 2. The van der Waals surface area contributed by atoms with Gasteiger partial charge in [-0.1, -0.05) is 0 Å². The number of thiol groups is 1. The molecule has 3 rings (SSSR count). The number of aromatic nitrogens is 2. The Balaban J connectivity index is 1.91. The van der Waals surface area contributed by atoms with Crippen LogP contribution in [-0.2, 0) is 21.8 Å². The predicted molar refractivity (Wildman–Crippen MR) is 72.5 cm³/mol. The number of rotatable bonds is 5. The molecular formula is C11H17N5O5S. The Labute approximate surface area is 128 Å². The summed E-state index contributed by atoms with van der Waals surface area (Å²) >= 11 is 0. The van der Waals surface area contributed by atoms with Gasteiger partial charge in [-0.05, 0) is 19.8 Å². The van der Waals surface area contributed by atoms with Crippen molar-refractivity contribution < 1.29 is 21.9 Å². The van der Waals surface area contributed by atoms with Gasteiger partial charge < -0.3 is 15.1 Å². The molecule has 0 radical (unpaired) electrons. The zero-order valence-corrected chi connectivity index (χ0v) is 12.9. The molecule has 0 bridgehead atoms. The van der Waals surface area contributed by atoms with E-state index < -0.39 is 28.6 Å². The molecule has 1 saturated carbocycles. The molecule has 0 unspecified atom stereocenters. The Hall–Kier alpha value is -1.72. The van der Waals surface area contributed by atoms with Gasteiger partial charge >= 0.3 is 6.03 Å². The van der Waals surface area contributed by atoms with E-state index >= 15 is 0 Å². The lowest BCUT2D eigenvalue weighted by atomic mass is 10.0. The van der Waals surface area contributed by atoms with Crippen LogP contribution in [0.3, 0.4) is 0 Å². The highest BCUT2D eigenvalue weighted by molar-refractivity contribution is 7.67. The first-order chi connectivity index (χ1) is 10.5. The minimum Gasteiger partial charge on any atom is -0.422 e. The van der Waals surface area contributed by atoms with Crippen LogP contribution >= 0.6 is 0 Å². The van der Waals surface area contributed by atoms with Gasteiger partial charge in [0.05, 0.1) is 12.1 Å². The van der Waals surface area contributed by atoms with Crippen LogP contribution in [0.1, 0.15) is 44.0 Å². The van der Waals surface area contributed by atoms with Crippen molar-refractivity contribution in [2.75, 3.05) is 6.54 Å². The molecule has 122 valence electrons. The van der Waals surface area contributed by atoms with Crippen LogP contribution in [-0.4, -0.2) is 46.7 Å². The van der Waals surface area contributed by atoms with Crippen molar-refractivity contribution in [3.05, 3.63) is 11.8 Å². The first-order valence-electron chi connectivity index (χ1n) is 6.96. The molecule has 0 aromatic carbocycles. The molecule has 1 aliphatic heterocycles. The van der Waals surface area contributed by atoms with Gasteiger partial charge in [0.15, 0.2) is 0 Å². The maximum Gasteiger partial charge on any atom is 0.346 e. The molecule has 2 N–H and O–H groups in total. The third-order valence-corrected chi connectivity index (χ3v) is 4.35. The van der Waals surface area contributed by atoms with Gasteiger partial charge in [0.2, 0.25) is 11.8 Å². The first-order valence-corrected chi connectivity index (χ1v) is 8.06. The third kappa shape index (κ3) is 2.44. The Morgan fingerprint density at radius 1 is 1.45 bits per heavy atom. The van der Waals surface area contributed by atoms with Gasteiger partial charge in [-0.25, -0.2) is 13.2 Å². The van der Waals surface area contributed by atoms with Gasteiger partial charge in [-0.15, -0.1) is 14.5 Å².